The van der Waals surface area contributed by atoms with Crippen LogP contribution in [0, 0.1) is 6.92 Å². The van der Waals surface area contributed by atoms with Crippen LogP contribution in [0.3, 0.4) is 0 Å². The number of aryl methyl sites for hydroxylation is 1. The van der Waals surface area contributed by atoms with Crippen molar-refractivity contribution in [2.24, 2.45) is 0 Å². The molecule has 0 aromatic carbocycles. The van der Waals surface area contributed by atoms with Gasteiger partial charge in [0.2, 0.25) is 0 Å². The summed E-state index contributed by atoms with van der Waals surface area (Å²) >= 11 is 0. The summed E-state index contributed by atoms with van der Waals surface area (Å²) in [5.74, 6) is 1.26. The van der Waals surface area contributed by atoms with Crippen molar-refractivity contribution in [1.29, 1.82) is 0 Å². The molecular weight excluding hydrogens is 180 g/mol. The molecule has 0 aliphatic heterocycles. The number of aromatic amines is 1. The van der Waals surface area contributed by atoms with Crippen LogP contribution in [0.4, 0.5) is 5.82 Å². The van der Waals surface area contributed by atoms with Crippen molar-refractivity contribution >= 4 is 16.9 Å². The lowest BCUT2D eigenvalue weighted by Gasteiger charge is -2.01. The minimum Gasteiger partial charge on any atom is -0.373 e. The van der Waals surface area contributed by atoms with Crippen molar-refractivity contribution in [3.05, 3.63) is 28.3 Å². The van der Waals surface area contributed by atoms with Crippen LogP contribution in [-0.2, 0) is 0 Å². The minimum absolute atomic E-state index is 0.204. The molecule has 0 spiro atoms. The second kappa shape index (κ2) is 3.10. The Hall–Kier alpha value is -1.91. The molecule has 2 aromatic heterocycles. The van der Waals surface area contributed by atoms with Crippen LogP contribution in [-0.4, -0.2) is 22.0 Å². The first-order valence-electron chi connectivity index (χ1n) is 4.26. The topological polar surface area (TPSA) is 70.7 Å². The molecule has 2 N–H and O–H groups in total. The summed E-state index contributed by atoms with van der Waals surface area (Å²) < 4.78 is 0. The standard InChI is InChI=1S/C9H10N4O/c1-5-11-6-3-4-7(10-2)13-8(6)9(14)12-5/h3-4H,1-2H3,(H,10,13)(H,11,12,14). The third-order valence-corrected chi connectivity index (χ3v) is 1.93. The summed E-state index contributed by atoms with van der Waals surface area (Å²) in [6.45, 7) is 1.74. The molecule has 0 aliphatic carbocycles. The van der Waals surface area contributed by atoms with Gasteiger partial charge in [0.15, 0.2) is 5.52 Å². The first-order valence-corrected chi connectivity index (χ1v) is 4.26. The summed E-state index contributed by atoms with van der Waals surface area (Å²) in [4.78, 5) is 22.4. The maximum absolute atomic E-state index is 11.5. The van der Waals surface area contributed by atoms with Crippen molar-refractivity contribution in [3.8, 4) is 0 Å². The molecule has 0 amide bonds. The van der Waals surface area contributed by atoms with Gasteiger partial charge in [0.25, 0.3) is 5.56 Å². The summed E-state index contributed by atoms with van der Waals surface area (Å²) in [6.07, 6.45) is 0. The van der Waals surface area contributed by atoms with Crippen LogP contribution in [0.2, 0.25) is 0 Å². The van der Waals surface area contributed by atoms with Gasteiger partial charge in [-0.25, -0.2) is 9.97 Å². The lowest BCUT2D eigenvalue weighted by atomic mass is 10.3. The Labute approximate surface area is 80.2 Å². The molecule has 5 nitrogen and oxygen atoms in total. The van der Waals surface area contributed by atoms with E-state index in [1.54, 1.807) is 26.1 Å². The summed E-state index contributed by atoms with van der Waals surface area (Å²) in [5, 5.41) is 2.87. The van der Waals surface area contributed by atoms with Gasteiger partial charge in [-0.15, -0.1) is 0 Å². The molecule has 0 saturated carbocycles. The molecular formula is C9H10N4O. The zero-order chi connectivity index (χ0) is 10.1. The van der Waals surface area contributed by atoms with Crippen LogP contribution in [0.25, 0.3) is 11.0 Å². The molecule has 2 heterocycles. The molecule has 0 atom stereocenters. The highest BCUT2D eigenvalue weighted by Gasteiger charge is 2.03. The molecule has 0 radical (unpaired) electrons. The van der Waals surface area contributed by atoms with Crippen LogP contribution in [0.1, 0.15) is 5.82 Å². The van der Waals surface area contributed by atoms with Crippen molar-refractivity contribution in [2.45, 2.75) is 6.92 Å². The van der Waals surface area contributed by atoms with Gasteiger partial charge in [0, 0.05) is 7.05 Å². The molecule has 0 unspecified atom stereocenters. The van der Waals surface area contributed by atoms with E-state index in [0.717, 1.165) is 0 Å². The Morgan fingerprint density at radius 3 is 2.86 bits per heavy atom. The van der Waals surface area contributed by atoms with E-state index in [1.165, 1.54) is 0 Å². The molecule has 72 valence electrons. The van der Waals surface area contributed by atoms with E-state index in [-0.39, 0.29) is 5.56 Å². The second-order valence-corrected chi connectivity index (χ2v) is 2.97. The fraction of sp³-hybridized carbons (Fsp3) is 0.222. The number of aromatic nitrogens is 3. The van der Waals surface area contributed by atoms with Gasteiger partial charge in [-0.2, -0.15) is 0 Å². The van der Waals surface area contributed by atoms with Gasteiger partial charge in [-0.1, -0.05) is 0 Å². The van der Waals surface area contributed by atoms with Crippen LogP contribution in [0.15, 0.2) is 16.9 Å². The van der Waals surface area contributed by atoms with E-state index < -0.39 is 0 Å². The maximum atomic E-state index is 11.5. The first kappa shape index (κ1) is 8.68. The van der Waals surface area contributed by atoms with E-state index in [9.17, 15) is 4.79 Å². The summed E-state index contributed by atoms with van der Waals surface area (Å²) in [7, 11) is 1.75. The summed E-state index contributed by atoms with van der Waals surface area (Å²) in [6, 6.07) is 3.56. The smallest absolute Gasteiger partial charge is 0.277 e. The number of hydrogen-bond donors (Lipinski definition) is 2. The second-order valence-electron chi connectivity index (χ2n) is 2.97. The highest BCUT2D eigenvalue weighted by atomic mass is 16.1. The van der Waals surface area contributed by atoms with E-state index in [1.807, 2.05) is 0 Å². The average molecular weight is 190 g/mol. The molecule has 14 heavy (non-hydrogen) atoms. The third kappa shape index (κ3) is 1.32. The highest BCUT2D eigenvalue weighted by Crippen LogP contribution is 2.08. The van der Waals surface area contributed by atoms with Gasteiger partial charge in [-0.05, 0) is 19.1 Å². The number of nitrogens with one attached hydrogen (secondary N) is 2. The van der Waals surface area contributed by atoms with Gasteiger partial charge in [0.1, 0.15) is 11.6 Å². The molecule has 0 fully saturated rings. The Balaban J connectivity index is 2.82. The van der Waals surface area contributed by atoms with E-state index in [0.29, 0.717) is 22.7 Å². The predicted molar refractivity (Wildman–Crippen MR) is 54.4 cm³/mol. The van der Waals surface area contributed by atoms with E-state index in [2.05, 4.69) is 20.3 Å². The predicted octanol–water partition coefficient (Wildman–Crippen LogP) is 0.668. The number of pyridine rings is 1. The van der Waals surface area contributed by atoms with Crippen LogP contribution < -0.4 is 10.9 Å². The summed E-state index contributed by atoms with van der Waals surface area (Å²) in [5.41, 5.74) is 0.775. The van der Waals surface area contributed by atoms with Crippen LogP contribution in [0.5, 0.6) is 0 Å². The van der Waals surface area contributed by atoms with E-state index in [4.69, 9.17) is 0 Å². The molecule has 2 rings (SSSR count). The SMILES string of the molecule is CNc1ccc2nc(C)[nH]c(=O)c2n1. The lowest BCUT2D eigenvalue weighted by molar-refractivity contribution is 1.05. The Morgan fingerprint density at radius 1 is 1.36 bits per heavy atom. The minimum atomic E-state index is -0.204. The zero-order valence-corrected chi connectivity index (χ0v) is 7.96. The van der Waals surface area contributed by atoms with Crippen LogP contribution >= 0.6 is 0 Å². The zero-order valence-electron chi connectivity index (χ0n) is 7.96. The largest absolute Gasteiger partial charge is 0.373 e. The number of H-pyrrole nitrogens is 1. The Morgan fingerprint density at radius 2 is 2.14 bits per heavy atom. The Bertz CT molecular complexity index is 532. The number of hydrogen-bond acceptors (Lipinski definition) is 4. The van der Waals surface area contributed by atoms with Crippen molar-refractivity contribution in [1.82, 2.24) is 15.0 Å². The number of nitrogens with zero attached hydrogens (tertiary/aromatic N) is 2. The number of fused-ring (bicyclic) bond motifs is 1. The first-order chi connectivity index (χ1) is 6.70. The van der Waals surface area contributed by atoms with Crippen molar-refractivity contribution in [3.63, 3.8) is 0 Å². The van der Waals surface area contributed by atoms with E-state index >= 15 is 0 Å². The van der Waals surface area contributed by atoms with Crippen molar-refractivity contribution in [2.75, 3.05) is 12.4 Å². The third-order valence-electron chi connectivity index (χ3n) is 1.93. The van der Waals surface area contributed by atoms with Gasteiger partial charge >= 0.3 is 0 Å². The van der Waals surface area contributed by atoms with Crippen molar-refractivity contribution < 1.29 is 0 Å². The Kier molecular flexibility index (Phi) is 1.92. The van der Waals surface area contributed by atoms with Gasteiger partial charge in [-0.3, -0.25) is 4.79 Å². The number of rotatable bonds is 1. The highest BCUT2D eigenvalue weighted by molar-refractivity contribution is 5.74. The molecule has 0 bridgehead atoms. The molecule has 0 aliphatic rings. The fourth-order valence-corrected chi connectivity index (χ4v) is 1.28. The maximum Gasteiger partial charge on any atom is 0.277 e. The van der Waals surface area contributed by atoms with Gasteiger partial charge < -0.3 is 10.3 Å². The average Bonchev–Trinajstić information content (AvgIpc) is 2.17. The molecule has 2 aromatic rings. The monoisotopic (exact) mass is 190 g/mol. The quantitative estimate of drug-likeness (QED) is 0.693. The number of anilines is 1. The van der Waals surface area contributed by atoms with Gasteiger partial charge in [0.05, 0.1) is 5.52 Å². The molecule has 0 saturated heterocycles. The normalized spacial score (nSPS) is 10.4. The lowest BCUT2D eigenvalue weighted by Crippen LogP contribution is -2.11. The fourth-order valence-electron chi connectivity index (χ4n) is 1.28. The molecule has 5 heteroatoms.